The molecule has 23 heavy (non-hydrogen) atoms. The maximum Gasteiger partial charge on any atom is 0.127 e. The van der Waals surface area contributed by atoms with Crippen LogP contribution in [-0.4, -0.2) is 55.5 Å². The van der Waals surface area contributed by atoms with Gasteiger partial charge in [-0.1, -0.05) is 0 Å². The Hall–Kier alpha value is -1.30. The van der Waals surface area contributed by atoms with Crippen molar-refractivity contribution in [3.05, 3.63) is 23.3 Å². The molecule has 0 radical (unpaired) electrons. The van der Waals surface area contributed by atoms with Crippen LogP contribution in [-0.2, 0) is 13.0 Å². The first-order chi connectivity index (χ1) is 11.2. The van der Waals surface area contributed by atoms with E-state index in [1.165, 1.54) is 18.4 Å². The Bertz CT molecular complexity index is 529. The second-order valence-corrected chi connectivity index (χ2v) is 6.70. The number of hydrogen-bond donors (Lipinski definition) is 2. The Balaban J connectivity index is 1.54. The average Bonchev–Trinajstić information content (AvgIpc) is 3.15. The molecule has 2 aliphatic heterocycles. The minimum Gasteiger partial charge on any atom is -0.497 e. The van der Waals surface area contributed by atoms with Crippen molar-refractivity contribution in [1.29, 1.82) is 0 Å². The zero-order chi connectivity index (χ0) is 16.2. The predicted molar refractivity (Wildman–Crippen MR) is 90.2 cm³/mol. The molecule has 0 aliphatic carbocycles. The van der Waals surface area contributed by atoms with Gasteiger partial charge in [0.25, 0.3) is 0 Å². The predicted octanol–water partition coefficient (Wildman–Crippen LogP) is 1.56. The molecule has 2 heterocycles. The van der Waals surface area contributed by atoms with Gasteiger partial charge in [0.15, 0.2) is 0 Å². The topological polar surface area (TPSA) is 54.0 Å². The summed E-state index contributed by atoms with van der Waals surface area (Å²) in [6.07, 6.45) is 3.33. The molecule has 0 aromatic heterocycles. The molecule has 0 spiro atoms. The monoisotopic (exact) mass is 320 g/mol. The van der Waals surface area contributed by atoms with Gasteiger partial charge in [0.2, 0.25) is 0 Å². The summed E-state index contributed by atoms with van der Waals surface area (Å²) in [4.78, 5) is 2.33. The summed E-state index contributed by atoms with van der Waals surface area (Å²) in [5.74, 6) is 1.86. The number of methoxy groups -OCH3 is 1. The van der Waals surface area contributed by atoms with E-state index in [2.05, 4.69) is 23.2 Å². The van der Waals surface area contributed by atoms with E-state index < -0.39 is 0 Å². The summed E-state index contributed by atoms with van der Waals surface area (Å²) in [6, 6.07) is 4.08. The fourth-order valence-electron chi connectivity index (χ4n) is 3.53. The van der Waals surface area contributed by atoms with Gasteiger partial charge in [-0.25, -0.2) is 0 Å². The third-order valence-corrected chi connectivity index (χ3v) is 4.64. The Kier molecular flexibility index (Phi) is 5.41. The van der Waals surface area contributed by atoms with Crippen molar-refractivity contribution < 1.29 is 14.6 Å². The molecule has 2 atom stereocenters. The van der Waals surface area contributed by atoms with E-state index in [4.69, 9.17) is 9.47 Å². The quantitative estimate of drug-likeness (QED) is 0.799. The lowest BCUT2D eigenvalue weighted by molar-refractivity contribution is 0.123. The van der Waals surface area contributed by atoms with Crippen LogP contribution < -0.4 is 14.8 Å². The van der Waals surface area contributed by atoms with Crippen LogP contribution >= 0.6 is 0 Å². The van der Waals surface area contributed by atoms with Crippen LogP contribution in [0.3, 0.4) is 0 Å². The second kappa shape index (κ2) is 7.51. The maximum absolute atomic E-state index is 10.2. The minimum absolute atomic E-state index is 0.219. The number of rotatable bonds is 7. The first-order valence-electron chi connectivity index (χ1n) is 8.63. The van der Waals surface area contributed by atoms with E-state index >= 15 is 0 Å². The summed E-state index contributed by atoms with van der Waals surface area (Å²) < 4.78 is 11.3. The molecule has 1 aromatic rings. The fourth-order valence-corrected chi connectivity index (χ4v) is 3.53. The van der Waals surface area contributed by atoms with Crippen LogP contribution in [0.15, 0.2) is 12.1 Å². The van der Waals surface area contributed by atoms with E-state index in [0.717, 1.165) is 43.1 Å². The molecule has 1 saturated heterocycles. The summed E-state index contributed by atoms with van der Waals surface area (Å²) in [5.41, 5.74) is 2.32. The summed E-state index contributed by atoms with van der Waals surface area (Å²) in [7, 11) is 1.69. The smallest absolute Gasteiger partial charge is 0.127 e. The number of benzene rings is 1. The van der Waals surface area contributed by atoms with Crippen molar-refractivity contribution in [2.24, 2.45) is 0 Å². The number of likely N-dealkylation sites (tertiary alicyclic amines) is 1. The highest BCUT2D eigenvalue weighted by Gasteiger charge is 2.23. The molecule has 0 amide bonds. The largest absolute Gasteiger partial charge is 0.497 e. The van der Waals surface area contributed by atoms with E-state index in [1.807, 2.05) is 6.07 Å². The molecular weight excluding hydrogens is 292 g/mol. The molecule has 128 valence electrons. The molecular formula is C18H28N2O3. The number of hydrogen-bond acceptors (Lipinski definition) is 5. The van der Waals surface area contributed by atoms with Gasteiger partial charge in [-0.05, 0) is 45.0 Å². The molecule has 0 bridgehead atoms. The number of nitrogens with one attached hydrogen (secondary N) is 1. The zero-order valence-electron chi connectivity index (χ0n) is 14.2. The summed E-state index contributed by atoms with van der Waals surface area (Å²) in [5, 5.41) is 13.5. The van der Waals surface area contributed by atoms with Crippen molar-refractivity contribution in [1.82, 2.24) is 10.2 Å². The molecule has 2 N–H and O–H groups in total. The molecule has 2 unspecified atom stereocenters. The summed E-state index contributed by atoms with van der Waals surface area (Å²) >= 11 is 0. The zero-order valence-corrected chi connectivity index (χ0v) is 14.2. The van der Waals surface area contributed by atoms with Crippen molar-refractivity contribution in [2.45, 2.75) is 44.9 Å². The number of aliphatic hydroxyl groups excluding tert-OH is 1. The lowest BCUT2D eigenvalue weighted by Crippen LogP contribution is -2.36. The van der Waals surface area contributed by atoms with Gasteiger partial charge in [-0.15, -0.1) is 0 Å². The number of nitrogens with zero attached hydrogens (tertiary/aromatic N) is 1. The van der Waals surface area contributed by atoms with Crippen LogP contribution in [0.5, 0.6) is 11.5 Å². The van der Waals surface area contributed by atoms with E-state index in [0.29, 0.717) is 13.1 Å². The Morgan fingerprint density at radius 3 is 2.91 bits per heavy atom. The Morgan fingerprint density at radius 1 is 1.39 bits per heavy atom. The Labute approximate surface area is 138 Å². The SMILES string of the molecule is COc1cc(CNCC(O)CN2CCCC2)c2c(c1)CC(C)O2. The highest BCUT2D eigenvalue weighted by molar-refractivity contribution is 5.49. The number of ether oxygens (including phenoxy) is 2. The van der Waals surface area contributed by atoms with E-state index in [9.17, 15) is 5.11 Å². The van der Waals surface area contributed by atoms with Crippen LogP contribution in [0, 0.1) is 0 Å². The third kappa shape index (κ3) is 4.16. The standard InChI is InChI=1S/C18H28N2O3/c1-13-7-14-8-17(22-2)9-15(18(14)23-13)10-19-11-16(21)12-20-5-3-4-6-20/h8-9,13,16,19,21H,3-7,10-12H2,1-2H3. The van der Waals surface area contributed by atoms with Crippen molar-refractivity contribution in [2.75, 3.05) is 33.3 Å². The first kappa shape index (κ1) is 16.6. The van der Waals surface area contributed by atoms with Crippen LogP contribution in [0.2, 0.25) is 0 Å². The van der Waals surface area contributed by atoms with Gasteiger partial charge in [0.05, 0.1) is 13.2 Å². The average molecular weight is 320 g/mol. The molecule has 5 heteroatoms. The number of fused-ring (bicyclic) bond motifs is 1. The molecule has 1 fully saturated rings. The molecule has 1 aromatic carbocycles. The van der Waals surface area contributed by atoms with Gasteiger partial charge in [-0.2, -0.15) is 0 Å². The van der Waals surface area contributed by atoms with Gasteiger partial charge < -0.3 is 24.8 Å². The first-order valence-corrected chi connectivity index (χ1v) is 8.63. The van der Waals surface area contributed by atoms with Crippen molar-refractivity contribution in [3.8, 4) is 11.5 Å². The number of aliphatic hydroxyl groups is 1. The second-order valence-electron chi connectivity index (χ2n) is 6.70. The highest BCUT2D eigenvalue weighted by atomic mass is 16.5. The molecule has 3 rings (SSSR count). The van der Waals surface area contributed by atoms with Crippen LogP contribution in [0.25, 0.3) is 0 Å². The number of β-amino-alcohol motifs (C(OH)–C–C–N with tert-alkyl or cyclic N) is 1. The van der Waals surface area contributed by atoms with Gasteiger partial charge in [0.1, 0.15) is 17.6 Å². The summed E-state index contributed by atoms with van der Waals surface area (Å²) in [6.45, 7) is 6.36. The van der Waals surface area contributed by atoms with Crippen molar-refractivity contribution >= 4 is 0 Å². The Morgan fingerprint density at radius 2 is 2.17 bits per heavy atom. The third-order valence-electron chi connectivity index (χ3n) is 4.64. The maximum atomic E-state index is 10.2. The lowest BCUT2D eigenvalue weighted by atomic mass is 10.1. The van der Waals surface area contributed by atoms with E-state index in [1.54, 1.807) is 7.11 Å². The van der Waals surface area contributed by atoms with Gasteiger partial charge in [-0.3, -0.25) is 0 Å². The van der Waals surface area contributed by atoms with Crippen LogP contribution in [0.4, 0.5) is 0 Å². The van der Waals surface area contributed by atoms with Crippen molar-refractivity contribution in [3.63, 3.8) is 0 Å². The van der Waals surface area contributed by atoms with Gasteiger partial charge >= 0.3 is 0 Å². The fraction of sp³-hybridized carbons (Fsp3) is 0.667. The lowest BCUT2D eigenvalue weighted by Gasteiger charge is -2.20. The van der Waals surface area contributed by atoms with E-state index in [-0.39, 0.29) is 12.2 Å². The highest BCUT2D eigenvalue weighted by Crippen LogP contribution is 2.36. The van der Waals surface area contributed by atoms with Crippen LogP contribution in [0.1, 0.15) is 30.9 Å². The normalized spacial score (nSPS) is 22.0. The minimum atomic E-state index is -0.327. The molecule has 5 nitrogen and oxygen atoms in total. The molecule has 0 saturated carbocycles. The van der Waals surface area contributed by atoms with Gasteiger partial charge in [0, 0.05) is 37.2 Å². The molecule has 2 aliphatic rings.